The maximum Gasteiger partial charge on any atom is 0.261 e. The van der Waals surface area contributed by atoms with Gasteiger partial charge in [-0.15, -0.1) is 0 Å². The molecule has 0 aromatic heterocycles. The Morgan fingerprint density at radius 3 is 2.34 bits per heavy atom. The molecule has 0 radical (unpaired) electrons. The second kappa shape index (κ2) is 8.55. The van der Waals surface area contributed by atoms with Gasteiger partial charge in [-0.2, -0.15) is 0 Å². The monoisotopic (exact) mass is 430 g/mol. The number of methoxy groups -OCH3 is 1. The topological polar surface area (TPSA) is 84.5 Å². The van der Waals surface area contributed by atoms with Crippen LogP contribution in [0.5, 0.6) is 5.75 Å². The number of hydrogen-bond acceptors (Lipinski definition) is 4. The molecule has 3 aromatic carbocycles. The molecule has 6 nitrogen and oxygen atoms in total. The van der Waals surface area contributed by atoms with Crippen LogP contribution in [0.2, 0.25) is 5.02 Å². The fourth-order valence-electron chi connectivity index (χ4n) is 2.70. The molecule has 2 N–H and O–H groups in total. The number of anilines is 2. The number of carbonyl (C=O) groups excluding carboxylic acids is 1. The first kappa shape index (κ1) is 20.7. The van der Waals surface area contributed by atoms with Crippen LogP contribution in [0.1, 0.15) is 15.9 Å². The molecule has 0 heterocycles. The first-order chi connectivity index (χ1) is 13.8. The highest BCUT2D eigenvalue weighted by Crippen LogP contribution is 2.24. The molecule has 0 unspecified atom stereocenters. The zero-order valence-corrected chi connectivity index (χ0v) is 17.3. The summed E-state index contributed by atoms with van der Waals surface area (Å²) in [5.74, 6) is -0.0358. The zero-order valence-electron chi connectivity index (χ0n) is 15.8. The summed E-state index contributed by atoms with van der Waals surface area (Å²) < 4.78 is 32.8. The number of ether oxygens (including phenoxy) is 1. The van der Waals surface area contributed by atoms with Gasteiger partial charge in [0.1, 0.15) is 5.75 Å². The first-order valence-electron chi connectivity index (χ1n) is 8.63. The molecule has 0 spiro atoms. The Bertz CT molecular complexity index is 1150. The van der Waals surface area contributed by atoms with Gasteiger partial charge in [-0.1, -0.05) is 23.7 Å². The Labute approximate surface area is 174 Å². The Morgan fingerprint density at radius 1 is 0.966 bits per heavy atom. The lowest BCUT2D eigenvalue weighted by atomic mass is 10.2. The minimum absolute atomic E-state index is 0.0809. The summed E-state index contributed by atoms with van der Waals surface area (Å²) in [6.07, 6.45) is 0. The number of hydrogen-bond donors (Lipinski definition) is 2. The molecule has 3 aromatic rings. The van der Waals surface area contributed by atoms with Crippen LogP contribution in [0.25, 0.3) is 0 Å². The maximum absolute atomic E-state index is 12.6. The van der Waals surface area contributed by atoms with Crippen molar-refractivity contribution in [2.24, 2.45) is 0 Å². The van der Waals surface area contributed by atoms with E-state index in [0.717, 1.165) is 5.56 Å². The van der Waals surface area contributed by atoms with E-state index in [4.69, 9.17) is 16.3 Å². The van der Waals surface area contributed by atoms with E-state index in [1.54, 1.807) is 30.3 Å². The van der Waals surface area contributed by atoms with Crippen molar-refractivity contribution in [1.29, 1.82) is 0 Å². The number of nitrogens with one attached hydrogen (secondary N) is 2. The number of sulfonamides is 1. The van der Waals surface area contributed by atoms with Crippen LogP contribution in [0, 0.1) is 6.92 Å². The van der Waals surface area contributed by atoms with E-state index in [1.165, 1.54) is 37.4 Å². The molecule has 0 fully saturated rings. The van der Waals surface area contributed by atoms with Gasteiger partial charge < -0.3 is 10.1 Å². The van der Waals surface area contributed by atoms with E-state index in [2.05, 4.69) is 10.0 Å². The zero-order chi connectivity index (χ0) is 21.0. The van der Waals surface area contributed by atoms with Crippen LogP contribution in [-0.4, -0.2) is 21.4 Å². The summed E-state index contributed by atoms with van der Waals surface area (Å²) in [6, 6.07) is 17.7. The molecule has 0 aliphatic rings. The van der Waals surface area contributed by atoms with E-state index in [0.29, 0.717) is 22.1 Å². The van der Waals surface area contributed by atoms with Crippen molar-refractivity contribution >= 4 is 38.9 Å². The molecule has 1 amide bonds. The smallest absolute Gasteiger partial charge is 0.261 e. The third kappa shape index (κ3) is 5.07. The molecule has 0 saturated heterocycles. The number of rotatable bonds is 6. The van der Waals surface area contributed by atoms with Gasteiger partial charge in [0.2, 0.25) is 0 Å². The van der Waals surface area contributed by atoms with E-state index in [1.807, 2.05) is 13.0 Å². The normalized spacial score (nSPS) is 11.0. The summed E-state index contributed by atoms with van der Waals surface area (Å²) in [5.41, 5.74) is 2.14. The highest BCUT2D eigenvalue weighted by atomic mass is 35.5. The fourth-order valence-corrected chi connectivity index (χ4v) is 3.92. The highest BCUT2D eigenvalue weighted by Gasteiger charge is 2.16. The van der Waals surface area contributed by atoms with Gasteiger partial charge >= 0.3 is 0 Å². The van der Waals surface area contributed by atoms with Crippen LogP contribution in [-0.2, 0) is 10.0 Å². The maximum atomic E-state index is 12.6. The second-order valence-electron chi connectivity index (χ2n) is 6.30. The first-order valence-corrected chi connectivity index (χ1v) is 10.5. The molecule has 0 aliphatic carbocycles. The lowest BCUT2D eigenvalue weighted by Gasteiger charge is -2.11. The molecule has 0 bridgehead atoms. The third-order valence-electron chi connectivity index (χ3n) is 4.10. The summed E-state index contributed by atoms with van der Waals surface area (Å²) in [4.78, 5) is 12.6. The fraction of sp³-hybridized carbons (Fsp3) is 0.0952. The van der Waals surface area contributed by atoms with Crippen molar-refractivity contribution in [3.8, 4) is 5.75 Å². The molecule has 3 rings (SSSR count). The molecule has 8 heteroatoms. The van der Waals surface area contributed by atoms with Crippen LogP contribution in [0.4, 0.5) is 11.4 Å². The van der Waals surface area contributed by atoms with Crippen molar-refractivity contribution in [3.63, 3.8) is 0 Å². The quantitative estimate of drug-likeness (QED) is 0.593. The van der Waals surface area contributed by atoms with Crippen LogP contribution >= 0.6 is 11.6 Å². The van der Waals surface area contributed by atoms with Crippen LogP contribution in [0.3, 0.4) is 0 Å². The summed E-state index contributed by atoms with van der Waals surface area (Å²) >= 11 is 5.96. The number of halogens is 1. The number of aryl methyl sites for hydroxylation is 1. The van der Waals surface area contributed by atoms with Crippen molar-refractivity contribution in [2.45, 2.75) is 11.8 Å². The van der Waals surface area contributed by atoms with Gasteiger partial charge in [0.05, 0.1) is 17.6 Å². The Morgan fingerprint density at radius 2 is 1.69 bits per heavy atom. The lowest BCUT2D eigenvalue weighted by molar-refractivity contribution is 0.102. The van der Waals surface area contributed by atoms with E-state index < -0.39 is 15.9 Å². The minimum Gasteiger partial charge on any atom is -0.496 e. The minimum atomic E-state index is -3.74. The standard InChI is InChI=1S/C21H19ClN2O4S/c1-14-4-3-5-17(12-14)24-29(26,27)18-9-7-16(8-10-18)23-21(25)19-13-15(22)6-11-20(19)28-2/h3-13,24H,1-2H3,(H,23,25). The van der Waals surface area contributed by atoms with Gasteiger partial charge in [0.25, 0.3) is 15.9 Å². The molecule has 0 saturated carbocycles. The number of amides is 1. The largest absolute Gasteiger partial charge is 0.496 e. The number of carbonyl (C=O) groups is 1. The van der Waals surface area contributed by atoms with Crippen molar-refractivity contribution in [1.82, 2.24) is 0 Å². The van der Waals surface area contributed by atoms with Gasteiger partial charge in [-0.25, -0.2) is 8.42 Å². The summed E-state index contributed by atoms with van der Waals surface area (Å²) in [7, 11) is -2.28. The van der Waals surface area contributed by atoms with E-state index >= 15 is 0 Å². The van der Waals surface area contributed by atoms with Gasteiger partial charge in [0, 0.05) is 16.4 Å². The predicted molar refractivity (Wildman–Crippen MR) is 114 cm³/mol. The third-order valence-corrected chi connectivity index (χ3v) is 5.73. The second-order valence-corrected chi connectivity index (χ2v) is 8.42. The Kier molecular flexibility index (Phi) is 6.10. The predicted octanol–water partition coefficient (Wildman–Crippen LogP) is 4.71. The summed E-state index contributed by atoms with van der Waals surface area (Å²) in [5, 5.41) is 3.11. The molecule has 150 valence electrons. The Hall–Kier alpha value is -3.03. The molecular formula is C21H19ClN2O4S. The molecule has 0 atom stereocenters. The van der Waals surface area contributed by atoms with E-state index in [-0.39, 0.29) is 10.5 Å². The molecular weight excluding hydrogens is 412 g/mol. The summed E-state index contributed by atoms with van der Waals surface area (Å²) in [6.45, 7) is 1.88. The number of benzene rings is 3. The van der Waals surface area contributed by atoms with Crippen molar-refractivity contribution in [3.05, 3.63) is 82.9 Å². The average molecular weight is 431 g/mol. The average Bonchev–Trinajstić information content (AvgIpc) is 2.68. The molecule has 29 heavy (non-hydrogen) atoms. The van der Waals surface area contributed by atoms with Gasteiger partial charge in [0.15, 0.2) is 0 Å². The SMILES string of the molecule is COc1ccc(Cl)cc1C(=O)Nc1ccc(S(=O)(=O)Nc2cccc(C)c2)cc1. The van der Waals surface area contributed by atoms with Gasteiger partial charge in [-0.3, -0.25) is 9.52 Å². The lowest BCUT2D eigenvalue weighted by Crippen LogP contribution is -2.15. The Balaban J connectivity index is 1.76. The van der Waals surface area contributed by atoms with E-state index in [9.17, 15) is 13.2 Å². The van der Waals surface area contributed by atoms with Crippen LogP contribution < -0.4 is 14.8 Å². The van der Waals surface area contributed by atoms with Crippen molar-refractivity contribution < 1.29 is 17.9 Å². The van der Waals surface area contributed by atoms with Crippen molar-refractivity contribution in [2.75, 3.05) is 17.1 Å². The van der Waals surface area contributed by atoms with Crippen LogP contribution in [0.15, 0.2) is 71.6 Å². The highest BCUT2D eigenvalue weighted by molar-refractivity contribution is 7.92. The van der Waals surface area contributed by atoms with Gasteiger partial charge in [-0.05, 0) is 67.1 Å². The molecule has 0 aliphatic heterocycles.